The van der Waals surface area contributed by atoms with Crippen molar-refractivity contribution in [1.82, 2.24) is 4.90 Å². The summed E-state index contributed by atoms with van der Waals surface area (Å²) in [5.41, 5.74) is 9.35. The third-order valence-corrected chi connectivity index (χ3v) is 5.00. The van der Waals surface area contributed by atoms with Gasteiger partial charge >= 0.3 is 0 Å². The minimum Gasteiger partial charge on any atom is -0.379 e. The standard InChI is InChI=1S/C22H29FN4O/c1-16(2)18-4-3-5-20(14-18)26-22(24)25-15-21(27-10-12-28-13-11-27)17-6-8-19(23)9-7-17/h3-9,14,16,21H,10-13,15H2,1-2H3,(H3,24,25,26). The summed E-state index contributed by atoms with van der Waals surface area (Å²) in [6, 6.07) is 14.8. The summed E-state index contributed by atoms with van der Waals surface area (Å²) in [5.74, 6) is 0.588. The second-order valence-corrected chi connectivity index (χ2v) is 7.35. The number of hydrogen-bond donors (Lipinski definition) is 2. The molecule has 28 heavy (non-hydrogen) atoms. The van der Waals surface area contributed by atoms with Crippen molar-refractivity contribution in [3.8, 4) is 0 Å². The first-order chi connectivity index (χ1) is 13.5. The van der Waals surface area contributed by atoms with E-state index in [9.17, 15) is 4.39 Å². The zero-order valence-corrected chi connectivity index (χ0v) is 16.6. The third-order valence-electron chi connectivity index (χ3n) is 5.00. The molecule has 0 amide bonds. The molecule has 1 saturated heterocycles. The highest BCUT2D eigenvalue weighted by Crippen LogP contribution is 2.23. The molecule has 3 rings (SSSR count). The number of nitrogens with one attached hydrogen (secondary N) is 1. The van der Waals surface area contributed by atoms with E-state index in [1.54, 1.807) is 0 Å². The van der Waals surface area contributed by atoms with Gasteiger partial charge in [-0.15, -0.1) is 0 Å². The summed E-state index contributed by atoms with van der Waals surface area (Å²) < 4.78 is 18.8. The minimum absolute atomic E-state index is 0.0341. The van der Waals surface area contributed by atoms with Crippen LogP contribution in [0, 0.1) is 5.82 Å². The van der Waals surface area contributed by atoms with Crippen molar-refractivity contribution in [2.45, 2.75) is 25.8 Å². The number of anilines is 1. The highest BCUT2D eigenvalue weighted by atomic mass is 19.1. The second-order valence-electron chi connectivity index (χ2n) is 7.35. The van der Waals surface area contributed by atoms with Crippen molar-refractivity contribution in [3.63, 3.8) is 0 Å². The van der Waals surface area contributed by atoms with Gasteiger partial charge in [-0.05, 0) is 41.3 Å². The fourth-order valence-corrected chi connectivity index (χ4v) is 3.35. The summed E-state index contributed by atoms with van der Waals surface area (Å²) in [5, 5.41) is 3.18. The Bertz CT molecular complexity index is 785. The predicted molar refractivity (Wildman–Crippen MR) is 112 cm³/mol. The van der Waals surface area contributed by atoms with E-state index in [2.05, 4.69) is 41.2 Å². The molecule has 0 aromatic heterocycles. The monoisotopic (exact) mass is 384 g/mol. The van der Waals surface area contributed by atoms with Gasteiger partial charge in [0.05, 0.1) is 25.8 Å². The Morgan fingerprint density at radius 2 is 1.86 bits per heavy atom. The van der Waals surface area contributed by atoms with Crippen LogP contribution in [-0.2, 0) is 4.74 Å². The Hall–Kier alpha value is -2.44. The molecule has 1 aliphatic heterocycles. The highest BCUT2D eigenvalue weighted by molar-refractivity contribution is 5.92. The SMILES string of the molecule is CC(C)c1cccc(NC(N)=NCC(c2ccc(F)cc2)N2CCOCC2)c1. The van der Waals surface area contributed by atoms with E-state index in [1.807, 2.05) is 24.3 Å². The van der Waals surface area contributed by atoms with Gasteiger partial charge in [0.25, 0.3) is 0 Å². The summed E-state index contributed by atoms with van der Waals surface area (Å²) in [7, 11) is 0. The zero-order valence-electron chi connectivity index (χ0n) is 16.6. The molecule has 1 atom stereocenters. The number of morpholine rings is 1. The van der Waals surface area contributed by atoms with Crippen LogP contribution in [-0.4, -0.2) is 43.7 Å². The number of benzene rings is 2. The number of nitrogens with zero attached hydrogens (tertiary/aromatic N) is 2. The van der Waals surface area contributed by atoms with E-state index >= 15 is 0 Å². The van der Waals surface area contributed by atoms with Crippen LogP contribution in [0.3, 0.4) is 0 Å². The van der Waals surface area contributed by atoms with Crippen molar-refractivity contribution in [3.05, 3.63) is 65.5 Å². The molecule has 0 aliphatic carbocycles. The van der Waals surface area contributed by atoms with Crippen LogP contribution in [0.1, 0.15) is 36.9 Å². The Morgan fingerprint density at radius 1 is 1.14 bits per heavy atom. The van der Waals surface area contributed by atoms with Gasteiger partial charge in [0.1, 0.15) is 5.82 Å². The summed E-state index contributed by atoms with van der Waals surface area (Å²) >= 11 is 0. The van der Waals surface area contributed by atoms with Crippen molar-refractivity contribution in [1.29, 1.82) is 0 Å². The lowest BCUT2D eigenvalue weighted by atomic mass is 10.0. The van der Waals surface area contributed by atoms with Gasteiger partial charge in [-0.3, -0.25) is 9.89 Å². The number of aliphatic imine (C=N–C) groups is 1. The largest absolute Gasteiger partial charge is 0.379 e. The average molecular weight is 384 g/mol. The number of guanidine groups is 1. The third kappa shape index (κ3) is 5.53. The number of rotatable bonds is 6. The first kappa shape index (κ1) is 20.3. The van der Waals surface area contributed by atoms with Crippen molar-refractivity contribution >= 4 is 11.6 Å². The second kappa shape index (κ2) is 9.66. The normalized spacial score (nSPS) is 16.9. The molecule has 150 valence electrons. The topological polar surface area (TPSA) is 62.9 Å². The van der Waals surface area contributed by atoms with E-state index in [4.69, 9.17) is 10.5 Å². The van der Waals surface area contributed by atoms with Crippen LogP contribution >= 0.6 is 0 Å². The van der Waals surface area contributed by atoms with E-state index in [0.29, 0.717) is 31.6 Å². The lowest BCUT2D eigenvalue weighted by Crippen LogP contribution is -2.40. The number of halogens is 1. The number of ether oxygens (including phenoxy) is 1. The predicted octanol–water partition coefficient (Wildman–Crippen LogP) is 3.75. The van der Waals surface area contributed by atoms with Gasteiger partial charge in [0.2, 0.25) is 0 Å². The first-order valence-corrected chi connectivity index (χ1v) is 9.77. The average Bonchev–Trinajstić information content (AvgIpc) is 2.70. The van der Waals surface area contributed by atoms with Crippen molar-refractivity contribution < 1.29 is 9.13 Å². The molecule has 5 nitrogen and oxygen atoms in total. The molecule has 2 aromatic rings. The summed E-state index contributed by atoms with van der Waals surface area (Å²) in [4.78, 5) is 6.89. The lowest BCUT2D eigenvalue weighted by Gasteiger charge is -2.34. The number of nitrogens with two attached hydrogens (primary N) is 1. The van der Waals surface area contributed by atoms with Crippen LogP contribution in [0.2, 0.25) is 0 Å². The molecule has 6 heteroatoms. The summed E-state index contributed by atoms with van der Waals surface area (Å²) in [6.45, 7) is 7.84. The molecule has 0 saturated carbocycles. The molecule has 0 bridgehead atoms. The van der Waals surface area contributed by atoms with E-state index < -0.39 is 0 Å². The van der Waals surface area contributed by atoms with Crippen LogP contribution in [0.5, 0.6) is 0 Å². The molecule has 1 heterocycles. The van der Waals surface area contributed by atoms with Gasteiger partial charge < -0.3 is 15.8 Å². The summed E-state index contributed by atoms with van der Waals surface area (Å²) in [6.07, 6.45) is 0. The molecule has 3 N–H and O–H groups in total. The molecule has 0 spiro atoms. The van der Waals surface area contributed by atoms with Crippen LogP contribution in [0.4, 0.5) is 10.1 Å². The Labute approximate surface area is 166 Å². The molecule has 1 unspecified atom stereocenters. The van der Waals surface area contributed by atoms with Crippen LogP contribution < -0.4 is 11.1 Å². The fourth-order valence-electron chi connectivity index (χ4n) is 3.35. The maximum atomic E-state index is 13.3. The van der Waals surface area contributed by atoms with Gasteiger partial charge in [-0.1, -0.05) is 38.1 Å². The quantitative estimate of drug-likeness (QED) is 0.588. The molecule has 2 aromatic carbocycles. The Balaban J connectivity index is 1.72. The van der Waals surface area contributed by atoms with Crippen LogP contribution in [0.15, 0.2) is 53.5 Å². The van der Waals surface area contributed by atoms with Gasteiger partial charge in [0.15, 0.2) is 5.96 Å². The Morgan fingerprint density at radius 3 is 2.54 bits per heavy atom. The first-order valence-electron chi connectivity index (χ1n) is 9.77. The molecular formula is C22H29FN4O. The van der Waals surface area contributed by atoms with Gasteiger partial charge in [-0.2, -0.15) is 0 Å². The van der Waals surface area contributed by atoms with Crippen LogP contribution in [0.25, 0.3) is 0 Å². The lowest BCUT2D eigenvalue weighted by molar-refractivity contribution is 0.0180. The molecular weight excluding hydrogens is 355 g/mol. The molecule has 0 radical (unpaired) electrons. The van der Waals surface area contributed by atoms with E-state index in [-0.39, 0.29) is 11.9 Å². The van der Waals surface area contributed by atoms with E-state index in [1.165, 1.54) is 17.7 Å². The smallest absolute Gasteiger partial charge is 0.193 e. The molecule has 1 aliphatic rings. The zero-order chi connectivity index (χ0) is 19.9. The minimum atomic E-state index is -0.237. The molecule has 1 fully saturated rings. The Kier molecular flexibility index (Phi) is 7.01. The van der Waals surface area contributed by atoms with Crippen molar-refractivity contribution in [2.75, 3.05) is 38.2 Å². The highest BCUT2D eigenvalue weighted by Gasteiger charge is 2.22. The maximum absolute atomic E-state index is 13.3. The van der Waals surface area contributed by atoms with E-state index in [0.717, 1.165) is 24.3 Å². The van der Waals surface area contributed by atoms with Gasteiger partial charge in [0, 0.05) is 18.8 Å². The fraction of sp³-hybridized carbons (Fsp3) is 0.409. The maximum Gasteiger partial charge on any atom is 0.193 e. The van der Waals surface area contributed by atoms with Gasteiger partial charge in [-0.25, -0.2) is 4.39 Å². The van der Waals surface area contributed by atoms with Crippen molar-refractivity contribution in [2.24, 2.45) is 10.7 Å². The number of hydrogen-bond acceptors (Lipinski definition) is 3.